The number of benzene rings is 1. The van der Waals surface area contributed by atoms with Gasteiger partial charge in [-0.3, -0.25) is 9.59 Å². The smallest absolute Gasteiger partial charge is 0.243 e. The summed E-state index contributed by atoms with van der Waals surface area (Å²) in [6.45, 7) is 4.14. The van der Waals surface area contributed by atoms with E-state index in [1.165, 1.54) is 19.3 Å². The molecule has 1 aliphatic rings. The Labute approximate surface area is 155 Å². The van der Waals surface area contributed by atoms with E-state index in [2.05, 4.69) is 5.32 Å². The number of carbonyl (C=O) groups excluding carboxylic acids is 2. The molecule has 0 heterocycles. The minimum Gasteiger partial charge on any atom is -0.352 e. The lowest BCUT2D eigenvalue weighted by atomic mass is 9.95. The maximum atomic E-state index is 12.8. The average Bonchev–Trinajstić information content (AvgIpc) is 2.63. The van der Waals surface area contributed by atoms with Crippen molar-refractivity contribution in [1.82, 2.24) is 10.2 Å². The van der Waals surface area contributed by atoms with Crippen molar-refractivity contribution in [3.05, 3.63) is 34.9 Å². The zero-order chi connectivity index (χ0) is 18.2. The number of hydrogen-bond donors (Lipinski definition) is 1. The average molecular weight is 365 g/mol. The molecule has 1 aliphatic carbocycles. The third-order valence-corrected chi connectivity index (χ3v) is 5.31. The first kappa shape index (κ1) is 19.8. The normalized spacial score (nSPS) is 16.3. The number of rotatable bonds is 7. The van der Waals surface area contributed by atoms with E-state index in [-0.39, 0.29) is 17.9 Å². The molecule has 0 radical (unpaired) electrons. The van der Waals surface area contributed by atoms with E-state index in [1.807, 2.05) is 38.1 Å². The summed E-state index contributed by atoms with van der Waals surface area (Å²) in [5, 5.41) is 3.79. The molecule has 138 valence electrons. The summed E-state index contributed by atoms with van der Waals surface area (Å²) >= 11 is 6.26. The van der Waals surface area contributed by atoms with E-state index in [4.69, 9.17) is 11.6 Å². The minimum atomic E-state index is -0.453. The lowest BCUT2D eigenvalue weighted by Crippen LogP contribution is -2.51. The van der Waals surface area contributed by atoms with Gasteiger partial charge in [0, 0.05) is 24.0 Å². The first-order valence-corrected chi connectivity index (χ1v) is 9.77. The minimum absolute atomic E-state index is 0.0226. The Morgan fingerprint density at radius 3 is 2.48 bits per heavy atom. The van der Waals surface area contributed by atoms with Crippen LogP contribution < -0.4 is 5.32 Å². The standard InChI is InChI=1S/C20H29ClN2O2/c1-3-18(20(25)22-16-11-6-5-7-12-16)23(19(24)4-2)14-15-10-8-9-13-17(15)21/h8-10,13,16,18H,3-7,11-12,14H2,1-2H3,(H,22,25)/t18-/m1/s1. The topological polar surface area (TPSA) is 49.4 Å². The van der Waals surface area contributed by atoms with Crippen LogP contribution in [-0.2, 0) is 16.1 Å². The van der Waals surface area contributed by atoms with Crippen molar-refractivity contribution < 1.29 is 9.59 Å². The Morgan fingerprint density at radius 2 is 1.88 bits per heavy atom. The van der Waals surface area contributed by atoms with Crippen LogP contribution in [0.5, 0.6) is 0 Å². The zero-order valence-corrected chi connectivity index (χ0v) is 16.0. The molecule has 4 nitrogen and oxygen atoms in total. The molecule has 0 unspecified atom stereocenters. The Bertz CT molecular complexity index is 585. The molecular formula is C20H29ClN2O2. The van der Waals surface area contributed by atoms with Gasteiger partial charge in [0.05, 0.1) is 0 Å². The van der Waals surface area contributed by atoms with Crippen LogP contribution in [0.25, 0.3) is 0 Å². The van der Waals surface area contributed by atoms with Gasteiger partial charge in [-0.15, -0.1) is 0 Å². The number of nitrogens with one attached hydrogen (secondary N) is 1. The van der Waals surface area contributed by atoms with Gasteiger partial charge in [-0.05, 0) is 30.9 Å². The molecule has 1 atom stereocenters. The van der Waals surface area contributed by atoms with E-state index in [1.54, 1.807) is 4.90 Å². The summed E-state index contributed by atoms with van der Waals surface area (Å²) in [7, 11) is 0. The molecule has 0 bridgehead atoms. The molecule has 2 rings (SSSR count). The van der Waals surface area contributed by atoms with Crippen molar-refractivity contribution in [2.24, 2.45) is 0 Å². The molecule has 0 spiro atoms. The summed E-state index contributed by atoms with van der Waals surface area (Å²) in [4.78, 5) is 27.0. The van der Waals surface area contributed by atoms with Crippen molar-refractivity contribution in [1.29, 1.82) is 0 Å². The predicted molar refractivity (Wildman–Crippen MR) is 101 cm³/mol. The van der Waals surface area contributed by atoms with E-state index in [0.29, 0.717) is 24.4 Å². The molecule has 5 heteroatoms. The highest BCUT2D eigenvalue weighted by molar-refractivity contribution is 6.31. The highest BCUT2D eigenvalue weighted by Gasteiger charge is 2.29. The van der Waals surface area contributed by atoms with E-state index >= 15 is 0 Å². The molecule has 1 aromatic carbocycles. The fourth-order valence-corrected chi connectivity index (χ4v) is 3.67. The second-order valence-corrected chi connectivity index (χ2v) is 7.14. The van der Waals surface area contributed by atoms with Gasteiger partial charge >= 0.3 is 0 Å². The summed E-state index contributed by atoms with van der Waals surface area (Å²) < 4.78 is 0. The van der Waals surface area contributed by atoms with Crippen molar-refractivity contribution in [3.63, 3.8) is 0 Å². The van der Waals surface area contributed by atoms with E-state index in [0.717, 1.165) is 18.4 Å². The summed E-state index contributed by atoms with van der Waals surface area (Å²) in [6, 6.07) is 7.28. The quantitative estimate of drug-likeness (QED) is 0.783. The fraction of sp³-hybridized carbons (Fsp3) is 0.600. The maximum Gasteiger partial charge on any atom is 0.243 e. The van der Waals surface area contributed by atoms with Crippen LogP contribution in [0, 0.1) is 0 Å². The molecule has 1 aromatic rings. The predicted octanol–water partition coefficient (Wildman–Crippen LogP) is 4.31. The monoisotopic (exact) mass is 364 g/mol. The highest BCUT2D eigenvalue weighted by Crippen LogP contribution is 2.21. The molecular weight excluding hydrogens is 336 g/mol. The van der Waals surface area contributed by atoms with Crippen LogP contribution in [0.1, 0.15) is 64.4 Å². The second-order valence-electron chi connectivity index (χ2n) is 6.73. The van der Waals surface area contributed by atoms with Crippen LogP contribution in [0.2, 0.25) is 5.02 Å². The number of amides is 2. The number of halogens is 1. The largest absolute Gasteiger partial charge is 0.352 e. The van der Waals surface area contributed by atoms with Gasteiger partial charge in [0.25, 0.3) is 0 Å². The SMILES string of the molecule is CCC(=O)N(Cc1ccccc1Cl)[C@H](CC)C(=O)NC1CCCCC1. The Hall–Kier alpha value is -1.55. The number of nitrogens with zero attached hydrogens (tertiary/aromatic N) is 1. The van der Waals surface area contributed by atoms with Gasteiger partial charge in [0.2, 0.25) is 11.8 Å². The number of carbonyl (C=O) groups is 2. The third-order valence-electron chi connectivity index (χ3n) is 4.94. The van der Waals surface area contributed by atoms with Gasteiger partial charge in [-0.2, -0.15) is 0 Å². The molecule has 1 fully saturated rings. The Morgan fingerprint density at radius 1 is 1.20 bits per heavy atom. The Kier molecular flexibility index (Phi) is 7.76. The van der Waals surface area contributed by atoms with Crippen molar-refractivity contribution in [2.75, 3.05) is 0 Å². The zero-order valence-electron chi connectivity index (χ0n) is 15.3. The molecule has 1 N–H and O–H groups in total. The number of hydrogen-bond acceptors (Lipinski definition) is 2. The van der Waals surface area contributed by atoms with Crippen molar-refractivity contribution in [3.8, 4) is 0 Å². The summed E-state index contributed by atoms with van der Waals surface area (Å²) in [5.74, 6) is -0.0613. The van der Waals surface area contributed by atoms with Gasteiger partial charge < -0.3 is 10.2 Å². The van der Waals surface area contributed by atoms with Gasteiger partial charge in [-0.1, -0.05) is 62.9 Å². The second kappa shape index (κ2) is 9.81. The van der Waals surface area contributed by atoms with Gasteiger partial charge in [0.15, 0.2) is 0 Å². The van der Waals surface area contributed by atoms with Crippen molar-refractivity contribution >= 4 is 23.4 Å². The van der Waals surface area contributed by atoms with Crippen LogP contribution >= 0.6 is 11.6 Å². The van der Waals surface area contributed by atoms with Crippen LogP contribution in [-0.4, -0.2) is 28.8 Å². The van der Waals surface area contributed by atoms with Gasteiger partial charge in [0.1, 0.15) is 6.04 Å². The lowest BCUT2D eigenvalue weighted by molar-refractivity contribution is -0.141. The van der Waals surface area contributed by atoms with E-state index < -0.39 is 6.04 Å². The molecule has 25 heavy (non-hydrogen) atoms. The van der Waals surface area contributed by atoms with Crippen LogP contribution in [0.4, 0.5) is 0 Å². The van der Waals surface area contributed by atoms with Crippen LogP contribution in [0.15, 0.2) is 24.3 Å². The lowest BCUT2D eigenvalue weighted by Gasteiger charge is -2.32. The molecule has 0 saturated heterocycles. The summed E-state index contributed by atoms with van der Waals surface area (Å²) in [6.07, 6.45) is 6.61. The van der Waals surface area contributed by atoms with Gasteiger partial charge in [-0.25, -0.2) is 0 Å². The first-order valence-electron chi connectivity index (χ1n) is 9.40. The molecule has 0 aromatic heterocycles. The molecule has 0 aliphatic heterocycles. The van der Waals surface area contributed by atoms with E-state index in [9.17, 15) is 9.59 Å². The highest BCUT2D eigenvalue weighted by atomic mass is 35.5. The maximum absolute atomic E-state index is 12.8. The molecule has 1 saturated carbocycles. The summed E-state index contributed by atoms with van der Waals surface area (Å²) in [5.41, 5.74) is 0.870. The molecule has 2 amide bonds. The third kappa shape index (κ3) is 5.46. The fourth-order valence-electron chi connectivity index (χ4n) is 3.48. The van der Waals surface area contributed by atoms with Crippen LogP contribution in [0.3, 0.4) is 0 Å². The van der Waals surface area contributed by atoms with Crippen molar-refractivity contribution in [2.45, 2.75) is 77.4 Å². The first-order chi connectivity index (χ1) is 12.1. The Balaban J connectivity index is 2.13.